The molecule has 1 N–H and O–H groups in total. The number of benzene rings is 2. The summed E-state index contributed by atoms with van der Waals surface area (Å²) in [7, 11) is 0. The number of hydrogen-bond donors (Lipinski definition) is 1. The van der Waals surface area contributed by atoms with Crippen LogP contribution in [0.25, 0.3) is 0 Å². The largest absolute Gasteiger partial charge is 0.454 e. The number of fused-ring (bicyclic) bond motifs is 1. The molecule has 0 radical (unpaired) electrons. The molecule has 0 saturated heterocycles. The number of ether oxygens (including phenoxy) is 2. The fourth-order valence-electron chi connectivity index (χ4n) is 3.08. The van der Waals surface area contributed by atoms with Crippen LogP contribution in [0.4, 0.5) is 5.95 Å². The minimum atomic E-state index is -0.248. The molecule has 2 heterocycles. The summed E-state index contributed by atoms with van der Waals surface area (Å²) in [5.41, 5.74) is 2.43. The van der Waals surface area contributed by atoms with Gasteiger partial charge in [0.25, 0.3) is 5.91 Å². The van der Waals surface area contributed by atoms with Gasteiger partial charge in [-0.25, -0.2) is 9.97 Å². The van der Waals surface area contributed by atoms with Gasteiger partial charge in [-0.1, -0.05) is 36.4 Å². The lowest BCUT2D eigenvalue weighted by Crippen LogP contribution is -2.27. The van der Waals surface area contributed by atoms with Crippen molar-refractivity contribution in [3.63, 3.8) is 0 Å². The Bertz CT molecular complexity index is 994. The van der Waals surface area contributed by atoms with Gasteiger partial charge in [0.2, 0.25) is 12.7 Å². The van der Waals surface area contributed by atoms with E-state index in [9.17, 15) is 4.79 Å². The number of aromatic nitrogens is 2. The molecular formula is C22H22N4O3. The van der Waals surface area contributed by atoms with Crippen LogP contribution in [-0.4, -0.2) is 29.2 Å². The summed E-state index contributed by atoms with van der Waals surface area (Å²) >= 11 is 0. The topological polar surface area (TPSA) is 76.6 Å². The van der Waals surface area contributed by atoms with Gasteiger partial charge in [-0.15, -0.1) is 0 Å². The van der Waals surface area contributed by atoms with Crippen LogP contribution >= 0.6 is 0 Å². The fraction of sp³-hybridized carbons (Fsp3) is 0.227. The van der Waals surface area contributed by atoms with Crippen molar-refractivity contribution in [2.24, 2.45) is 0 Å². The molecule has 0 spiro atoms. The van der Waals surface area contributed by atoms with Gasteiger partial charge in [-0.2, -0.15) is 0 Å². The number of rotatable bonds is 7. The summed E-state index contributed by atoms with van der Waals surface area (Å²) in [6.07, 6.45) is 1.62. The number of nitrogens with zero attached hydrogens (tertiary/aromatic N) is 3. The van der Waals surface area contributed by atoms with E-state index >= 15 is 0 Å². The van der Waals surface area contributed by atoms with E-state index in [-0.39, 0.29) is 12.7 Å². The van der Waals surface area contributed by atoms with Gasteiger partial charge in [0, 0.05) is 25.8 Å². The second-order valence-electron chi connectivity index (χ2n) is 6.61. The van der Waals surface area contributed by atoms with Gasteiger partial charge < -0.3 is 19.7 Å². The zero-order valence-electron chi connectivity index (χ0n) is 16.2. The van der Waals surface area contributed by atoms with Crippen LogP contribution < -0.4 is 19.7 Å². The van der Waals surface area contributed by atoms with E-state index in [0.717, 1.165) is 23.4 Å². The van der Waals surface area contributed by atoms with E-state index in [1.165, 1.54) is 0 Å². The van der Waals surface area contributed by atoms with E-state index in [1.54, 1.807) is 12.3 Å². The Kier molecular flexibility index (Phi) is 5.56. The zero-order chi connectivity index (χ0) is 20.1. The Hall–Kier alpha value is -3.61. The number of amides is 1. The molecule has 1 aliphatic heterocycles. The van der Waals surface area contributed by atoms with Gasteiger partial charge in [-0.05, 0) is 36.2 Å². The maximum atomic E-state index is 12.6. The minimum Gasteiger partial charge on any atom is -0.454 e. The van der Waals surface area contributed by atoms with Crippen molar-refractivity contribution in [1.29, 1.82) is 0 Å². The Balaban J connectivity index is 1.42. The monoisotopic (exact) mass is 390 g/mol. The molecule has 7 heteroatoms. The second-order valence-corrected chi connectivity index (χ2v) is 6.61. The predicted octanol–water partition coefficient (Wildman–Crippen LogP) is 3.16. The van der Waals surface area contributed by atoms with E-state index < -0.39 is 0 Å². The smallest absolute Gasteiger partial charge is 0.270 e. The van der Waals surface area contributed by atoms with Crippen LogP contribution in [0.5, 0.6) is 11.5 Å². The Morgan fingerprint density at radius 1 is 1.07 bits per heavy atom. The molecule has 0 saturated carbocycles. The molecule has 1 amide bonds. The number of hydrogen-bond acceptors (Lipinski definition) is 6. The molecule has 2 aromatic carbocycles. The summed E-state index contributed by atoms with van der Waals surface area (Å²) in [5.74, 6) is 1.70. The van der Waals surface area contributed by atoms with Crippen LogP contribution in [0.1, 0.15) is 28.5 Å². The van der Waals surface area contributed by atoms with Gasteiger partial charge in [0.05, 0.1) is 0 Å². The van der Waals surface area contributed by atoms with Crippen LogP contribution in [0, 0.1) is 0 Å². The number of carbonyl (C=O) groups excluding carboxylic acids is 1. The second kappa shape index (κ2) is 8.60. The molecule has 0 aliphatic carbocycles. The highest BCUT2D eigenvalue weighted by atomic mass is 16.7. The van der Waals surface area contributed by atoms with Crippen LogP contribution in [0.15, 0.2) is 60.8 Å². The van der Waals surface area contributed by atoms with Crippen molar-refractivity contribution in [2.45, 2.75) is 20.0 Å². The highest BCUT2D eigenvalue weighted by molar-refractivity contribution is 5.92. The highest BCUT2D eigenvalue weighted by Gasteiger charge is 2.15. The first-order valence-electron chi connectivity index (χ1n) is 9.51. The van der Waals surface area contributed by atoms with Crippen LogP contribution in [0.2, 0.25) is 0 Å². The Morgan fingerprint density at radius 3 is 2.72 bits per heavy atom. The lowest BCUT2D eigenvalue weighted by atomic mass is 10.2. The lowest BCUT2D eigenvalue weighted by molar-refractivity contribution is 0.0945. The van der Waals surface area contributed by atoms with E-state index in [2.05, 4.69) is 27.4 Å². The van der Waals surface area contributed by atoms with Crippen molar-refractivity contribution >= 4 is 11.9 Å². The quantitative estimate of drug-likeness (QED) is 0.668. The average molecular weight is 390 g/mol. The number of anilines is 1. The molecule has 3 aromatic rings. The summed E-state index contributed by atoms with van der Waals surface area (Å²) in [5, 5.41) is 2.90. The third kappa shape index (κ3) is 4.45. The molecule has 1 aliphatic rings. The summed E-state index contributed by atoms with van der Waals surface area (Å²) in [6, 6.07) is 17.3. The van der Waals surface area contributed by atoms with Crippen molar-refractivity contribution in [2.75, 3.05) is 18.2 Å². The van der Waals surface area contributed by atoms with E-state index in [1.807, 2.05) is 48.2 Å². The summed E-state index contributed by atoms with van der Waals surface area (Å²) in [6.45, 7) is 4.05. The summed E-state index contributed by atoms with van der Waals surface area (Å²) in [4.78, 5) is 23.4. The number of nitrogens with one attached hydrogen (secondary N) is 1. The fourth-order valence-corrected chi connectivity index (χ4v) is 3.08. The third-order valence-electron chi connectivity index (χ3n) is 4.65. The molecule has 0 atom stereocenters. The Morgan fingerprint density at radius 2 is 1.90 bits per heavy atom. The zero-order valence-corrected chi connectivity index (χ0v) is 16.2. The van der Waals surface area contributed by atoms with Gasteiger partial charge in [0.15, 0.2) is 11.5 Å². The minimum absolute atomic E-state index is 0.228. The first-order valence-corrected chi connectivity index (χ1v) is 9.51. The maximum Gasteiger partial charge on any atom is 0.270 e. The molecule has 7 nitrogen and oxygen atoms in total. The molecule has 29 heavy (non-hydrogen) atoms. The maximum absolute atomic E-state index is 12.6. The van der Waals surface area contributed by atoms with E-state index in [0.29, 0.717) is 30.5 Å². The molecule has 1 aromatic heterocycles. The van der Waals surface area contributed by atoms with Crippen LogP contribution in [-0.2, 0) is 13.1 Å². The van der Waals surface area contributed by atoms with Gasteiger partial charge >= 0.3 is 0 Å². The lowest BCUT2D eigenvalue weighted by Gasteiger charge is -2.21. The Labute approximate surface area is 169 Å². The number of carbonyl (C=O) groups is 1. The molecule has 0 fully saturated rings. The first kappa shape index (κ1) is 18.7. The molecule has 0 unspecified atom stereocenters. The SMILES string of the molecule is CCN(Cc1ccccc1)c1nccc(C(=O)NCc2ccc3c(c2)OCO3)n1. The van der Waals surface area contributed by atoms with Crippen molar-refractivity contribution < 1.29 is 14.3 Å². The first-order chi connectivity index (χ1) is 14.2. The normalized spacial score (nSPS) is 11.9. The van der Waals surface area contributed by atoms with Gasteiger partial charge in [-0.3, -0.25) is 4.79 Å². The van der Waals surface area contributed by atoms with Gasteiger partial charge in [0.1, 0.15) is 5.69 Å². The molecule has 4 rings (SSSR count). The average Bonchev–Trinajstić information content (AvgIpc) is 3.24. The van der Waals surface area contributed by atoms with Crippen molar-refractivity contribution in [1.82, 2.24) is 15.3 Å². The highest BCUT2D eigenvalue weighted by Crippen LogP contribution is 2.32. The molecule has 148 valence electrons. The van der Waals surface area contributed by atoms with Crippen molar-refractivity contribution in [3.05, 3.63) is 77.6 Å². The third-order valence-corrected chi connectivity index (χ3v) is 4.65. The van der Waals surface area contributed by atoms with E-state index in [4.69, 9.17) is 9.47 Å². The molecule has 0 bridgehead atoms. The van der Waals surface area contributed by atoms with Crippen LogP contribution in [0.3, 0.4) is 0 Å². The molecular weight excluding hydrogens is 368 g/mol. The standard InChI is InChI=1S/C22H22N4O3/c1-2-26(14-16-6-4-3-5-7-16)22-23-11-10-18(25-22)21(27)24-13-17-8-9-19-20(12-17)29-15-28-19/h3-12H,2,13-15H2,1H3,(H,24,27). The predicted molar refractivity (Wildman–Crippen MR) is 109 cm³/mol. The summed E-state index contributed by atoms with van der Waals surface area (Å²) < 4.78 is 10.7. The van der Waals surface area contributed by atoms with Crippen molar-refractivity contribution in [3.8, 4) is 11.5 Å².